The molecule has 3 aromatic carbocycles. The zero-order valence-electron chi connectivity index (χ0n) is 15.8. The van der Waals surface area contributed by atoms with E-state index in [0.717, 1.165) is 15.6 Å². The number of fused-ring (bicyclic) bond motifs is 3. The summed E-state index contributed by atoms with van der Waals surface area (Å²) < 4.78 is 28.0. The van der Waals surface area contributed by atoms with E-state index in [1.807, 2.05) is 54.6 Å². The lowest BCUT2D eigenvalue weighted by Gasteiger charge is -2.25. The Hall–Kier alpha value is -3.07. The van der Waals surface area contributed by atoms with Crippen LogP contribution in [0.25, 0.3) is 0 Å². The minimum absolute atomic E-state index is 0.0395. The number of nitro groups is 1. The molecule has 2 aliphatic rings. The van der Waals surface area contributed by atoms with Gasteiger partial charge in [-0.3, -0.25) is 15.0 Å². The van der Waals surface area contributed by atoms with Crippen LogP contribution in [0.2, 0.25) is 0 Å². The lowest BCUT2D eigenvalue weighted by atomic mass is 9.91. The average Bonchev–Trinajstić information content (AvgIpc) is 3.31. The van der Waals surface area contributed by atoms with Gasteiger partial charge >= 0.3 is 0 Å². The maximum atomic E-state index is 13.5. The Kier molecular flexibility index (Phi) is 4.43. The zero-order chi connectivity index (χ0) is 20.9. The molecule has 3 aromatic rings. The number of rotatable bonds is 4. The standard InChI is InChI=1S/C22H18N2O5S/c25-23(26)17-10-12-18(13-11-17)30(27,28)24-21(15-6-2-1-3-7-15)20-14-16-8-4-5-9-19(16)22(20)29-24/h1-13,20-22H,14H2/t20-,21+,22-/m1/s1. The van der Waals surface area contributed by atoms with Crippen LogP contribution >= 0.6 is 0 Å². The molecule has 1 saturated heterocycles. The Morgan fingerprint density at radius 1 is 0.933 bits per heavy atom. The van der Waals surface area contributed by atoms with Gasteiger partial charge in [0.15, 0.2) is 0 Å². The molecule has 0 aromatic heterocycles. The number of hydroxylamine groups is 1. The fourth-order valence-electron chi connectivity index (χ4n) is 4.40. The highest BCUT2D eigenvalue weighted by molar-refractivity contribution is 7.89. The summed E-state index contributed by atoms with van der Waals surface area (Å²) >= 11 is 0. The minimum atomic E-state index is -4.03. The first-order chi connectivity index (χ1) is 14.5. The molecule has 1 fully saturated rings. The smallest absolute Gasteiger partial charge is 0.269 e. The van der Waals surface area contributed by atoms with E-state index in [-0.39, 0.29) is 22.6 Å². The molecular weight excluding hydrogens is 404 g/mol. The van der Waals surface area contributed by atoms with Gasteiger partial charge in [-0.2, -0.15) is 0 Å². The first-order valence-corrected chi connectivity index (χ1v) is 11.0. The van der Waals surface area contributed by atoms with Gasteiger partial charge in [-0.25, -0.2) is 8.42 Å². The topological polar surface area (TPSA) is 89.8 Å². The van der Waals surface area contributed by atoms with Crippen molar-refractivity contribution < 1.29 is 18.2 Å². The Bertz CT molecular complexity index is 1210. The van der Waals surface area contributed by atoms with Gasteiger partial charge in [0.1, 0.15) is 6.10 Å². The van der Waals surface area contributed by atoms with Crippen molar-refractivity contribution in [2.75, 3.05) is 0 Å². The highest BCUT2D eigenvalue weighted by atomic mass is 32.2. The second kappa shape index (κ2) is 7.02. The van der Waals surface area contributed by atoms with Crippen molar-refractivity contribution in [3.8, 4) is 0 Å². The van der Waals surface area contributed by atoms with E-state index in [2.05, 4.69) is 0 Å². The van der Waals surface area contributed by atoms with E-state index >= 15 is 0 Å². The van der Waals surface area contributed by atoms with Crippen LogP contribution in [0, 0.1) is 16.0 Å². The summed E-state index contributed by atoms with van der Waals surface area (Å²) in [4.78, 5) is 16.4. The quantitative estimate of drug-likeness (QED) is 0.465. The third-order valence-corrected chi connectivity index (χ3v) is 7.43. The van der Waals surface area contributed by atoms with Crippen LogP contribution in [0.3, 0.4) is 0 Å². The molecule has 5 rings (SSSR count). The number of hydrogen-bond acceptors (Lipinski definition) is 5. The van der Waals surface area contributed by atoms with E-state index in [9.17, 15) is 18.5 Å². The summed E-state index contributed by atoms with van der Waals surface area (Å²) in [6, 6.07) is 21.8. The second-order valence-electron chi connectivity index (χ2n) is 7.46. The molecule has 7 nitrogen and oxygen atoms in total. The first-order valence-electron chi connectivity index (χ1n) is 9.55. The van der Waals surface area contributed by atoms with Gasteiger partial charge in [0, 0.05) is 18.1 Å². The SMILES string of the molecule is O=[N+]([O-])c1ccc(S(=O)(=O)N2O[C@@H]3c4ccccc4C[C@@H]3[C@@H]2c2ccccc2)cc1. The molecule has 152 valence electrons. The van der Waals surface area contributed by atoms with E-state index in [0.29, 0.717) is 6.42 Å². The zero-order valence-corrected chi connectivity index (χ0v) is 16.6. The summed E-state index contributed by atoms with van der Waals surface area (Å²) in [5.74, 6) is -0.0578. The van der Waals surface area contributed by atoms with Crippen molar-refractivity contribution in [1.29, 1.82) is 0 Å². The second-order valence-corrected chi connectivity index (χ2v) is 9.24. The fraction of sp³-hybridized carbons (Fsp3) is 0.182. The van der Waals surface area contributed by atoms with E-state index < -0.39 is 21.0 Å². The monoisotopic (exact) mass is 422 g/mol. The third-order valence-electron chi connectivity index (χ3n) is 5.78. The van der Waals surface area contributed by atoms with Gasteiger partial charge in [0.05, 0.1) is 15.9 Å². The Morgan fingerprint density at radius 2 is 1.60 bits per heavy atom. The first kappa shape index (κ1) is 18.9. The summed E-state index contributed by atoms with van der Waals surface area (Å²) in [6.45, 7) is 0. The molecule has 0 unspecified atom stereocenters. The molecule has 1 aliphatic heterocycles. The molecule has 0 amide bonds. The number of hydrogen-bond donors (Lipinski definition) is 0. The number of sulfonamides is 1. The molecule has 0 bridgehead atoms. The molecule has 8 heteroatoms. The maximum Gasteiger partial charge on any atom is 0.269 e. The lowest BCUT2D eigenvalue weighted by molar-refractivity contribution is -0.384. The summed E-state index contributed by atoms with van der Waals surface area (Å²) in [5.41, 5.74) is 2.86. The lowest BCUT2D eigenvalue weighted by Crippen LogP contribution is -2.31. The van der Waals surface area contributed by atoms with Gasteiger partial charge in [0.2, 0.25) is 0 Å². The molecule has 1 heterocycles. The molecule has 0 N–H and O–H groups in total. The third kappa shape index (κ3) is 2.92. The summed E-state index contributed by atoms with van der Waals surface area (Å²) in [5, 5.41) is 10.9. The predicted molar refractivity (Wildman–Crippen MR) is 109 cm³/mol. The van der Waals surface area contributed by atoms with Crippen LogP contribution in [-0.2, 0) is 21.3 Å². The van der Waals surface area contributed by atoms with Gasteiger partial charge in [-0.15, -0.1) is 0 Å². The van der Waals surface area contributed by atoms with Crippen LogP contribution in [0.15, 0.2) is 83.8 Å². The molecule has 30 heavy (non-hydrogen) atoms. The highest BCUT2D eigenvalue weighted by Gasteiger charge is 2.53. The molecule has 0 saturated carbocycles. The maximum absolute atomic E-state index is 13.5. The highest BCUT2D eigenvalue weighted by Crippen LogP contribution is 2.54. The van der Waals surface area contributed by atoms with Crippen molar-refractivity contribution in [1.82, 2.24) is 4.47 Å². The Balaban J connectivity index is 1.58. The van der Waals surface area contributed by atoms with Crippen molar-refractivity contribution in [3.63, 3.8) is 0 Å². The number of benzene rings is 3. The van der Waals surface area contributed by atoms with Gasteiger partial charge in [-0.05, 0) is 35.2 Å². The van der Waals surface area contributed by atoms with Crippen molar-refractivity contribution in [2.45, 2.75) is 23.5 Å². The van der Waals surface area contributed by atoms with Crippen LogP contribution < -0.4 is 0 Å². The van der Waals surface area contributed by atoms with Crippen molar-refractivity contribution in [2.24, 2.45) is 5.92 Å². The van der Waals surface area contributed by atoms with Crippen LogP contribution in [-0.4, -0.2) is 17.8 Å². The van der Waals surface area contributed by atoms with Crippen LogP contribution in [0.1, 0.15) is 28.8 Å². The Morgan fingerprint density at radius 3 is 2.30 bits per heavy atom. The largest absolute Gasteiger partial charge is 0.275 e. The Labute approximate surface area is 173 Å². The van der Waals surface area contributed by atoms with Gasteiger partial charge < -0.3 is 0 Å². The van der Waals surface area contributed by atoms with Gasteiger partial charge in [-0.1, -0.05) is 59.1 Å². The number of nitrogens with zero attached hydrogens (tertiary/aromatic N) is 2. The minimum Gasteiger partial charge on any atom is -0.275 e. The average molecular weight is 422 g/mol. The van der Waals surface area contributed by atoms with Crippen molar-refractivity contribution >= 4 is 15.7 Å². The predicted octanol–water partition coefficient (Wildman–Crippen LogP) is 4.19. The van der Waals surface area contributed by atoms with E-state index in [1.165, 1.54) is 29.8 Å². The van der Waals surface area contributed by atoms with Gasteiger partial charge in [0.25, 0.3) is 15.7 Å². The van der Waals surface area contributed by atoms with Crippen LogP contribution in [0.5, 0.6) is 0 Å². The van der Waals surface area contributed by atoms with Crippen molar-refractivity contribution in [3.05, 3.63) is 106 Å². The number of nitro benzene ring substituents is 1. The molecule has 3 atom stereocenters. The van der Waals surface area contributed by atoms with E-state index in [1.54, 1.807) is 0 Å². The molecule has 0 spiro atoms. The normalized spacial score (nSPS) is 23.1. The summed E-state index contributed by atoms with van der Waals surface area (Å²) in [6.07, 6.45) is 0.353. The van der Waals surface area contributed by atoms with E-state index in [4.69, 9.17) is 4.84 Å². The molecular formula is C22H18N2O5S. The summed E-state index contributed by atoms with van der Waals surface area (Å²) in [7, 11) is -4.03. The fourth-order valence-corrected chi connectivity index (χ4v) is 5.88. The van der Waals surface area contributed by atoms with Crippen LogP contribution in [0.4, 0.5) is 5.69 Å². The molecule has 1 aliphatic carbocycles. The molecule has 0 radical (unpaired) electrons. The number of non-ortho nitro benzene ring substituents is 1.